The summed E-state index contributed by atoms with van der Waals surface area (Å²) in [5.74, 6) is 0.246. The van der Waals surface area contributed by atoms with Gasteiger partial charge in [0.25, 0.3) is 0 Å². The molecular formula is C18H24N2O4S. The summed E-state index contributed by atoms with van der Waals surface area (Å²) in [6.07, 6.45) is 2.99. The molecule has 1 aliphatic carbocycles. The number of sulfonamides is 1. The molecule has 3 fully saturated rings. The van der Waals surface area contributed by atoms with Crippen molar-refractivity contribution in [3.63, 3.8) is 0 Å². The first-order chi connectivity index (χ1) is 12.0. The van der Waals surface area contributed by atoms with E-state index >= 15 is 0 Å². The third-order valence-electron chi connectivity index (χ3n) is 5.68. The first kappa shape index (κ1) is 17.0. The lowest BCUT2D eigenvalue weighted by Gasteiger charge is -2.44. The summed E-state index contributed by atoms with van der Waals surface area (Å²) < 4.78 is 33.0. The number of nitrogens with zero attached hydrogens (tertiary/aromatic N) is 1. The lowest BCUT2D eigenvalue weighted by Crippen LogP contribution is -2.61. The van der Waals surface area contributed by atoms with Crippen molar-refractivity contribution >= 4 is 15.9 Å². The molecule has 4 rings (SSSR count). The zero-order chi connectivity index (χ0) is 17.6. The Kier molecular flexibility index (Phi) is 4.33. The molecule has 0 radical (unpaired) electrons. The number of carbonyl (C=O) groups excluding carboxylic acids is 1. The Morgan fingerprint density at radius 1 is 1.24 bits per heavy atom. The van der Waals surface area contributed by atoms with E-state index in [-0.39, 0.29) is 24.1 Å². The minimum atomic E-state index is -3.52. The maximum Gasteiger partial charge on any atom is 0.249 e. The van der Waals surface area contributed by atoms with Gasteiger partial charge in [-0.25, -0.2) is 8.42 Å². The number of ether oxygens (including phenoxy) is 1. The van der Waals surface area contributed by atoms with Crippen molar-refractivity contribution in [2.45, 2.75) is 55.7 Å². The number of rotatable bonds is 4. The predicted octanol–water partition coefficient (Wildman–Crippen LogP) is 1.44. The number of carbonyl (C=O) groups is 1. The normalized spacial score (nSPS) is 32.2. The zero-order valence-electron chi connectivity index (χ0n) is 14.3. The second kappa shape index (κ2) is 6.37. The fourth-order valence-electron chi connectivity index (χ4n) is 4.23. The summed E-state index contributed by atoms with van der Waals surface area (Å²) in [6.45, 7) is 3.09. The van der Waals surface area contributed by atoms with Crippen LogP contribution in [0.5, 0.6) is 0 Å². The van der Waals surface area contributed by atoms with Gasteiger partial charge in [0, 0.05) is 25.2 Å². The number of fused-ring (bicyclic) bond motifs is 1. The third-order valence-corrected chi connectivity index (χ3v) is 7.59. The SMILES string of the molecule is Cc1ccc(S(=O)(=O)N2CC[C@@H]3C[C@H](NC(=O)[C@H]4CCCO4)[C@@H]32)cc1. The number of aryl methyl sites for hydroxylation is 1. The van der Waals surface area contributed by atoms with Crippen LogP contribution >= 0.6 is 0 Å². The van der Waals surface area contributed by atoms with Gasteiger partial charge in [-0.05, 0) is 50.7 Å². The average Bonchev–Trinajstić information content (AvgIpc) is 3.21. The predicted molar refractivity (Wildman–Crippen MR) is 92.5 cm³/mol. The number of benzene rings is 1. The van der Waals surface area contributed by atoms with E-state index in [2.05, 4.69) is 5.32 Å². The fourth-order valence-corrected chi connectivity index (χ4v) is 5.97. The average molecular weight is 364 g/mol. The Hall–Kier alpha value is -1.44. The van der Waals surface area contributed by atoms with Crippen molar-refractivity contribution in [2.75, 3.05) is 13.2 Å². The molecule has 4 atom stereocenters. The van der Waals surface area contributed by atoms with E-state index in [1.807, 2.05) is 19.1 Å². The molecular weight excluding hydrogens is 340 g/mol. The molecule has 6 nitrogen and oxygen atoms in total. The topological polar surface area (TPSA) is 75.7 Å². The molecule has 3 aliphatic rings. The minimum Gasteiger partial charge on any atom is -0.368 e. The van der Waals surface area contributed by atoms with Gasteiger partial charge in [0.05, 0.1) is 4.90 Å². The molecule has 0 aromatic heterocycles. The van der Waals surface area contributed by atoms with Gasteiger partial charge in [-0.2, -0.15) is 4.31 Å². The first-order valence-electron chi connectivity index (χ1n) is 8.97. The number of hydrogen-bond donors (Lipinski definition) is 1. The Bertz CT molecular complexity index is 756. The van der Waals surface area contributed by atoms with Crippen LogP contribution in [0.4, 0.5) is 0 Å². The second-order valence-corrected chi connectivity index (χ2v) is 9.21. The number of nitrogens with one attached hydrogen (secondary N) is 1. The molecule has 2 heterocycles. The maximum atomic E-state index is 13.0. The van der Waals surface area contributed by atoms with Crippen LogP contribution in [-0.2, 0) is 19.6 Å². The number of hydrogen-bond acceptors (Lipinski definition) is 4. The van der Waals surface area contributed by atoms with Gasteiger partial charge in [0.15, 0.2) is 0 Å². The van der Waals surface area contributed by atoms with Gasteiger partial charge in [-0.3, -0.25) is 4.79 Å². The third kappa shape index (κ3) is 2.98. The van der Waals surface area contributed by atoms with Crippen molar-refractivity contribution in [2.24, 2.45) is 5.92 Å². The van der Waals surface area contributed by atoms with E-state index in [0.717, 1.165) is 31.2 Å². The van der Waals surface area contributed by atoms with Crippen molar-refractivity contribution in [1.29, 1.82) is 0 Å². The fraction of sp³-hybridized carbons (Fsp3) is 0.611. The highest BCUT2D eigenvalue weighted by Gasteiger charge is 2.53. The minimum absolute atomic E-state index is 0.0967. The zero-order valence-corrected chi connectivity index (χ0v) is 15.2. The van der Waals surface area contributed by atoms with Crippen LogP contribution in [0, 0.1) is 12.8 Å². The molecule has 2 aliphatic heterocycles. The Balaban J connectivity index is 1.49. The summed E-state index contributed by atoms with van der Waals surface area (Å²) in [5, 5.41) is 3.02. The van der Waals surface area contributed by atoms with Crippen LogP contribution in [0.3, 0.4) is 0 Å². The van der Waals surface area contributed by atoms with Crippen LogP contribution in [0.2, 0.25) is 0 Å². The molecule has 2 saturated heterocycles. The Labute approximate surface area is 148 Å². The Morgan fingerprint density at radius 2 is 2.00 bits per heavy atom. The lowest BCUT2D eigenvalue weighted by atomic mass is 9.75. The van der Waals surface area contributed by atoms with E-state index in [0.29, 0.717) is 24.0 Å². The molecule has 1 N–H and O–H groups in total. The van der Waals surface area contributed by atoms with Gasteiger partial charge in [0.1, 0.15) is 6.10 Å². The van der Waals surface area contributed by atoms with E-state index in [4.69, 9.17) is 4.74 Å². The molecule has 0 bridgehead atoms. The molecule has 1 saturated carbocycles. The van der Waals surface area contributed by atoms with Crippen molar-refractivity contribution < 1.29 is 17.9 Å². The number of amides is 1. The van der Waals surface area contributed by atoms with E-state index in [1.54, 1.807) is 16.4 Å². The molecule has 25 heavy (non-hydrogen) atoms. The van der Waals surface area contributed by atoms with Gasteiger partial charge < -0.3 is 10.1 Å². The van der Waals surface area contributed by atoms with Crippen molar-refractivity contribution in [1.82, 2.24) is 9.62 Å². The van der Waals surface area contributed by atoms with Gasteiger partial charge in [-0.1, -0.05) is 17.7 Å². The van der Waals surface area contributed by atoms with Crippen molar-refractivity contribution in [3.8, 4) is 0 Å². The van der Waals surface area contributed by atoms with E-state index in [9.17, 15) is 13.2 Å². The largest absolute Gasteiger partial charge is 0.368 e. The first-order valence-corrected chi connectivity index (χ1v) is 10.4. The molecule has 1 amide bonds. The molecule has 1 aromatic rings. The quantitative estimate of drug-likeness (QED) is 0.877. The van der Waals surface area contributed by atoms with Crippen molar-refractivity contribution in [3.05, 3.63) is 29.8 Å². The van der Waals surface area contributed by atoms with E-state index in [1.165, 1.54) is 0 Å². The highest BCUT2D eigenvalue weighted by Crippen LogP contribution is 2.43. The highest BCUT2D eigenvalue weighted by molar-refractivity contribution is 7.89. The summed E-state index contributed by atoms with van der Waals surface area (Å²) in [5.41, 5.74) is 1.03. The van der Waals surface area contributed by atoms with Crippen LogP contribution in [0.1, 0.15) is 31.2 Å². The summed E-state index contributed by atoms with van der Waals surface area (Å²) >= 11 is 0. The van der Waals surface area contributed by atoms with Crippen LogP contribution in [0.25, 0.3) is 0 Å². The Morgan fingerprint density at radius 3 is 2.68 bits per heavy atom. The summed E-state index contributed by atoms with van der Waals surface area (Å²) in [7, 11) is -3.52. The van der Waals surface area contributed by atoms with Crippen LogP contribution < -0.4 is 5.32 Å². The monoisotopic (exact) mass is 364 g/mol. The molecule has 0 spiro atoms. The highest BCUT2D eigenvalue weighted by atomic mass is 32.2. The molecule has 136 valence electrons. The second-order valence-electron chi connectivity index (χ2n) is 7.32. The van der Waals surface area contributed by atoms with Crippen LogP contribution in [0.15, 0.2) is 29.2 Å². The maximum absolute atomic E-state index is 13.0. The summed E-state index contributed by atoms with van der Waals surface area (Å²) in [6, 6.07) is 6.73. The van der Waals surface area contributed by atoms with E-state index < -0.39 is 10.0 Å². The van der Waals surface area contributed by atoms with Gasteiger partial charge >= 0.3 is 0 Å². The standard InChI is InChI=1S/C18H24N2O4S/c1-12-4-6-14(7-5-12)25(22,23)20-9-8-13-11-15(17(13)20)19-18(21)16-3-2-10-24-16/h4-7,13,15-17H,2-3,8-11H2,1H3,(H,19,21)/t13-,15+,16-,17-/m1/s1. The van der Waals surface area contributed by atoms with Gasteiger partial charge in [0.2, 0.25) is 15.9 Å². The molecule has 1 aromatic carbocycles. The smallest absolute Gasteiger partial charge is 0.249 e. The lowest BCUT2D eigenvalue weighted by molar-refractivity contribution is -0.132. The van der Waals surface area contributed by atoms with Gasteiger partial charge in [-0.15, -0.1) is 0 Å². The van der Waals surface area contributed by atoms with Crippen LogP contribution in [-0.4, -0.2) is 50.0 Å². The molecule has 0 unspecified atom stereocenters. The molecule has 7 heteroatoms. The summed E-state index contributed by atoms with van der Waals surface area (Å²) in [4.78, 5) is 12.6.